The van der Waals surface area contributed by atoms with Gasteiger partial charge < -0.3 is 21.1 Å². The number of aliphatic carboxylic acids is 1. The number of alkyl halides is 5. The average Bonchev–Trinajstić information content (AvgIpc) is 3.25. The predicted molar refractivity (Wildman–Crippen MR) is 102 cm³/mol. The summed E-state index contributed by atoms with van der Waals surface area (Å²) in [6.07, 6.45) is -3.97. The second kappa shape index (κ2) is 8.10. The largest absolute Gasteiger partial charge is 0.490 e. The van der Waals surface area contributed by atoms with Gasteiger partial charge in [-0.3, -0.25) is 0 Å². The van der Waals surface area contributed by atoms with E-state index in [0.717, 1.165) is 34.9 Å². The lowest BCUT2D eigenvalue weighted by Gasteiger charge is -2.21. The normalized spacial score (nSPS) is 20.6. The van der Waals surface area contributed by atoms with Gasteiger partial charge in [-0.1, -0.05) is 0 Å². The number of nitrogens with one attached hydrogen (secondary N) is 1. The van der Waals surface area contributed by atoms with E-state index in [2.05, 4.69) is 20.2 Å². The molecule has 166 valence electrons. The molecule has 0 radical (unpaired) electrons. The summed E-state index contributed by atoms with van der Waals surface area (Å²) in [7, 11) is 1.95. The number of hydrogen-bond acceptors (Lipinski definition) is 7. The van der Waals surface area contributed by atoms with Crippen molar-refractivity contribution in [3.8, 4) is 0 Å². The highest BCUT2D eigenvalue weighted by molar-refractivity contribution is 7.19. The van der Waals surface area contributed by atoms with E-state index in [1.165, 1.54) is 0 Å². The molecule has 2 aromatic heterocycles. The molecule has 30 heavy (non-hydrogen) atoms. The van der Waals surface area contributed by atoms with Crippen LogP contribution in [-0.4, -0.2) is 59.3 Å². The number of aryl methyl sites for hydroxylation is 1. The molecule has 1 aliphatic carbocycles. The minimum Gasteiger partial charge on any atom is -0.475 e. The number of carbonyl (C=O) groups is 1. The third-order valence-electron chi connectivity index (χ3n) is 5.00. The molecule has 0 unspecified atom stereocenters. The standard InChI is InChI=1S/C15H19F2N5S.C2HF3O2/c1-19-8-3-5-22(7-8)13-12-11(20-14(18)21-13)9-6-15(16,17)4-2-10(9)23-12;3-2(4,5)1(6)7/h8,19H,2-7H2,1H3,(H2,18,20,21);(H,6,7)/t8-;/m1./s1. The van der Waals surface area contributed by atoms with Gasteiger partial charge in [0.1, 0.15) is 0 Å². The smallest absolute Gasteiger partial charge is 0.475 e. The van der Waals surface area contributed by atoms with Crippen molar-refractivity contribution in [3.63, 3.8) is 0 Å². The Morgan fingerprint density at radius 1 is 1.37 bits per heavy atom. The zero-order valence-electron chi connectivity index (χ0n) is 15.9. The molecule has 4 N–H and O–H groups in total. The van der Waals surface area contributed by atoms with E-state index in [4.69, 9.17) is 15.6 Å². The minimum absolute atomic E-state index is 0.0867. The van der Waals surface area contributed by atoms with Crippen molar-refractivity contribution in [3.05, 3.63) is 10.4 Å². The first-order valence-corrected chi connectivity index (χ1v) is 9.91. The van der Waals surface area contributed by atoms with E-state index < -0.39 is 18.1 Å². The lowest BCUT2D eigenvalue weighted by Crippen LogP contribution is -2.30. The van der Waals surface area contributed by atoms with E-state index in [0.29, 0.717) is 23.5 Å². The molecule has 0 amide bonds. The van der Waals surface area contributed by atoms with Crippen LogP contribution in [0.5, 0.6) is 0 Å². The highest BCUT2D eigenvalue weighted by Crippen LogP contribution is 2.44. The zero-order chi connectivity index (χ0) is 22.3. The Morgan fingerprint density at radius 3 is 2.60 bits per heavy atom. The summed E-state index contributed by atoms with van der Waals surface area (Å²) in [6.45, 7) is 1.73. The Hall–Kier alpha value is -2.28. The second-order valence-corrected chi connectivity index (χ2v) is 8.25. The molecule has 0 spiro atoms. The van der Waals surface area contributed by atoms with Crippen LogP contribution in [0, 0.1) is 0 Å². The van der Waals surface area contributed by atoms with Crippen LogP contribution in [0.15, 0.2) is 0 Å². The average molecular weight is 453 g/mol. The van der Waals surface area contributed by atoms with Gasteiger partial charge in [0.15, 0.2) is 5.82 Å². The van der Waals surface area contributed by atoms with Crippen LogP contribution in [0.4, 0.5) is 33.7 Å². The van der Waals surface area contributed by atoms with Crippen LogP contribution < -0.4 is 16.0 Å². The minimum atomic E-state index is -5.08. The van der Waals surface area contributed by atoms with Gasteiger partial charge in [-0.05, 0) is 25.5 Å². The number of anilines is 2. The van der Waals surface area contributed by atoms with Gasteiger partial charge in [0.2, 0.25) is 5.95 Å². The first-order chi connectivity index (χ1) is 13.9. The molecule has 1 saturated heterocycles. The number of halogens is 5. The molecule has 1 atom stereocenters. The van der Waals surface area contributed by atoms with Gasteiger partial charge in [-0.2, -0.15) is 18.2 Å². The van der Waals surface area contributed by atoms with Crippen molar-refractivity contribution in [1.82, 2.24) is 15.3 Å². The number of hydrogen-bond donors (Lipinski definition) is 3. The Bertz CT molecular complexity index is 949. The maximum Gasteiger partial charge on any atom is 0.490 e. The van der Waals surface area contributed by atoms with Crippen LogP contribution in [0.25, 0.3) is 10.2 Å². The topological polar surface area (TPSA) is 104 Å². The van der Waals surface area contributed by atoms with Crippen LogP contribution in [0.1, 0.15) is 23.3 Å². The maximum absolute atomic E-state index is 13.8. The number of carboxylic acid groups (broad SMARTS) is 1. The summed E-state index contributed by atoms with van der Waals surface area (Å²) in [5.74, 6) is -4.44. The molecule has 1 aliphatic heterocycles. The fraction of sp³-hybridized carbons (Fsp3) is 0.588. The SMILES string of the molecule is CN[C@@H]1CCN(c2nc(N)nc3c4c(sc23)CCC(F)(F)C4)C1.O=C(O)C(F)(F)F. The van der Waals surface area contributed by atoms with Crippen LogP contribution in [0.2, 0.25) is 0 Å². The van der Waals surface area contributed by atoms with Crippen molar-refractivity contribution < 1.29 is 31.9 Å². The summed E-state index contributed by atoms with van der Waals surface area (Å²) in [5, 5.41) is 10.4. The Kier molecular flexibility index (Phi) is 6.05. The monoisotopic (exact) mass is 453 g/mol. The Labute approximate surface area is 172 Å². The number of fused-ring (bicyclic) bond motifs is 3. The molecule has 7 nitrogen and oxygen atoms in total. The zero-order valence-corrected chi connectivity index (χ0v) is 16.7. The fourth-order valence-corrected chi connectivity index (χ4v) is 4.78. The molecule has 1 fully saturated rings. The van der Waals surface area contributed by atoms with E-state index in [-0.39, 0.29) is 18.8 Å². The van der Waals surface area contributed by atoms with E-state index in [9.17, 15) is 22.0 Å². The van der Waals surface area contributed by atoms with E-state index >= 15 is 0 Å². The molecule has 3 heterocycles. The molecule has 13 heteroatoms. The summed E-state index contributed by atoms with van der Waals surface area (Å²) in [6, 6.07) is 0.417. The van der Waals surface area contributed by atoms with Crippen molar-refractivity contribution in [1.29, 1.82) is 0 Å². The lowest BCUT2D eigenvalue weighted by atomic mass is 9.95. The third kappa shape index (κ3) is 4.72. The highest BCUT2D eigenvalue weighted by Gasteiger charge is 2.38. The summed E-state index contributed by atoms with van der Waals surface area (Å²) >= 11 is 1.56. The van der Waals surface area contributed by atoms with Crippen molar-refractivity contribution >= 4 is 39.3 Å². The van der Waals surface area contributed by atoms with Gasteiger partial charge in [0.25, 0.3) is 5.92 Å². The number of rotatable bonds is 2. The Balaban J connectivity index is 0.000000318. The van der Waals surface area contributed by atoms with Gasteiger partial charge in [0, 0.05) is 36.9 Å². The maximum atomic E-state index is 13.8. The van der Waals surface area contributed by atoms with Gasteiger partial charge in [-0.25, -0.2) is 18.6 Å². The third-order valence-corrected chi connectivity index (χ3v) is 6.28. The van der Waals surface area contributed by atoms with Crippen LogP contribution >= 0.6 is 11.3 Å². The van der Waals surface area contributed by atoms with Crippen molar-refractivity contribution in [2.75, 3.05) is 30.8 Å². The predicted octanol–water partition coefficient (Wildman–Crippen LogP) is 2.83. The quantitative estimate of drug-likeness (QED) is 0.601. The lowest BCUT2D eigenvalue weighted by molar-refractivity contribution is -0.192. The number of nitrogen functional groups attached to an aromatic ring is 1. The molecule has 0 aromatic carbocycles. The molecule has 2 aromatic rings. The fourth-order valence-electron chi connectivity index (χ4n) is 3.50. The number of thiophene rings is 1. The number of nitrogens with two attached hydrogens (primary N) is 1. The first kappa shape index (κ1) is 22.4. The van der Waals surface area contributed by atoms with Gasteiger partial charge >= 0.3 is 12.1 Å². The van der Waals surface area contributed by atoms with Crippen molar-refractivity contribution in [2.24, 2.45) is 0 Å². The molecular formula is C17H20F5N5O2S. The first-order valence-electron chi connectivity index (χ1n) is 9.09. The van der Waals surface area contributed by atoms with Crippen LogP contribution in [0.3, 0.4) is 0 Å². The van der Waals surface area contributed by atoms with Crippen molar-refractivity contribution in [2.45, 2.75) is 43.8 Å². The summed E-state index contributed by atoms with van der Waals surface area (Å²) < 4.78 is 60.2. The van der Waals surface area contributed by atoms with Crippen LogP contribution in [-0.2, 0) is 17.6 Å². The Morgan fingerprint density at radius 2 is 2.03 bits per heavy atom. The van der Waals surface area contributed by atoms with E-state index in [1.54, 1.807) is 11.3 Å². The number of nitrogens with zero attached hydrogens (tertiary/aromatic N) is 3. The number of aromatic nitrogens is 2. The molecule has 0 bridgehead atoms. The molecular weight excluding hydrogens is 433 g/mol. The number of likely N-dealkylation sites (N-methyl/N-ethyl adjacent to an activating group) is 1. The number of carboxylic acids is 1. The summed E-state index contributed by atoms with van der Waals surface area (Å²) in [4.78, 5) is 20.8. The molecule has 4 rings (SSSR count). The van der Waals surface area contributed by atoms with E-state index in [1.807, 2.05) is 7.05 Å². The van der Waals surface area contributed by atoms with Gasteiger partial charge in [-0.15, -0.1) is 11.3 Å². The highest BCUT2D eigenvalue weighted by atomic mass is 32.1. The summed E-state index contributed by atoms with van der Waals surface area (Å²) in [5.41, 5.74) is 7.16. The molecule has 2 aliphatic rings. The van der Waals surface area contributed by atoms with Gasteiger partial charge in [0.05, 0.1) is 10.2 Å². The molecule has 0 saturated carbocycles. The second-order valence-electron chi connectivity index (χ2n) is 7.14.